The van der Waals surface area contributed by atoms with Crippen molar-refractivity contribution in [1.29, 1.82) is 0 Å². The third-order valence-electron chi connectivity index (χ3n) is 6.31. The van der Waals surface area contributed by atoms with E-state index < -0.39 is 0 Å². The number of pyridine rings is 1. The topological polar surface area (TPSA) is 71.3 Å². The number of amides is 1. The highest BCUT2D eigenvalue weighted by molar-refractivity contribution is 6.30. The number of rotatable bonds is 5. The summed E-state index contributed by atoms with van der Waals surface area (Å²) in [5.74, 6) is 0.997. The van der Waals surface area contributed by atoms with Crippen molar-refractivity contribution in [2.24, 2.45) is 5.92 Å². The van der Waals surface area contributed by atoms with Gasteiger partial charge in [-0.2, -0.15) is 4.98 Å². The SMILES string of the molecule is CC1CCCCC1NC(=O)c1ccc(Nc2nc3cccc(-c4cccc(Cl)c4)n3n2)cc1. The van der Waals surface area contributed by atoms with Gasteiger partial charge in [0.1, 0.15) is 0 Å². The average molecular weight is 460 g/mol. The Hall–Kier alpha value is -3.38. The summed E-state index contributed by atoms with van der Waals surface area (Å²) in [6.07, 6.45) is 4.68. The second-order valence-electron chi connectivity index (χ2n) is 8.67. The number of hydrogen-bond donors (Lipinski definition) is 2. The maximum Gasteiger partial charge on any atom is 0.251 e. The molecule has 0 bridgehead atoms. The van der Waals surface area contributed by atoms with Crippen molar-refractivity contribution < 1.29 is 4.79 Å². The molecule has 2 aromatic carbocycles. The van der Waals surface area contributed by atoms with E-state index in [1.165, 1.54) is 19.3 Å². The van der Waals surface area contributed by atoms with Gasteiger partial charge in [-0.1, -0.05) is 49.6 Å². The highest BCUT2D eigenvalue weighted by Gasteiger charge is 2.23. The summed E-state index contributed by atoms with van der Waals surface area (Å²) in [4.78, 5) is 17.3. The number of anilines is 2. The summed E-state index contributed by atoms with van der Waals surface area (Å²) in [6, 6.07) is 21.2. The lowest BCUT2D eigenvalue weighted by Crippen LogP contribution is -2.41. The summed E-state index contributed by atoms with van der Waals surface area (Å²) >= 11 is 6.17. The Morgan fingerprint density at radius 2 is 1.82 bits per heavy atom. The van der Waals surface area contributed by atoms with Gasteiger partial charge in [-0.3, -0.25) is 4.79 Å². The van der Waals surface area contributed by atoms with Crippen LogP contribution in [-0.4, -0.2) is 26.5 Å². The molecular formula is C26H26ClN5O. The molecule has 2 atom stereocenters. The smallest absolute Gasteiger partial charge is 0.251 e. The zero-order valence-corrected chi connectivity index (χ0v) is 19.2. The fourth-order valence-electron chi connectivity index (χ4n) is 4.44. The van der Waals surface area contributed by atoms with Crippen LogP contribution in [0.5, 0.6) is 0 Å². The average Bonchev–Trinajstić information content (AvgIpc) is 3.23. The minimum absolute atomic E-state index is 0.0164. The molecule has 168 valence electrons. The monoisotopic (exact) mass is 459 g/mol. The lowest BCUT2D eigenvalue weighted by Gasteiger charge is -2.29. The first-order valence-corrected chi connectivity index (χ1v) is 11.7. The molecule has 0 saturated heterocycles. The number of carbonyl (C=O) groups excluding carboxylic acids is 1. The number of nitrogens with one attached hydrogen (secondary N) is 2. The van der Waals surface area contributed by atoms with E-state index in [1.54, 1.807) is 4.52 Å². The van der Waals surface area contributed by atoms with Crippen LogP contribution >= 0.6 is 11.6 Å². The number of halogens is 1. The summed E-state index contributed by atoms with van der Waals surface area (Å²) in [5, 5.41) is 11.7. The number of fused-ring (bicyclic) bond motifs is 1. The largest absolute Gasteiger partial charge is 0.349 e. The zero-order chi connectivity index (χ0) is 22.8. The molecule has 0 radical (unpaired) electrons. The van der Waals surface area contributed by atoms with Gasteiger partial charge in [0.25, 0.3) is 5.91 Å². The summed E-state index contributed by atoms with van der Waals surface area (Å²) in [5.41, 5.74) is 4.07. The van der Waals surface area contributed by atoms with Crippen LogP contribution in [0, 0.1) is 5.92 Å². The van der Waals surface area contributed by atoms with Crippen LogP contribution in [0.3, 0.4) is 0 Å². The lowest BCUT2D eigenvalue weighted by molar-refractivity contribution is 0.0910. The predicted octanol–water partition coefficient (Wildman–Crippen LogP) is 6.10. The van der Waals surface area contributed by atoms with Crippen molar-refractivity contribution in [1.82, 2.24) is 19.9 Å². The fourth-order valence-corrected chi connectivity index (χ4v) is 4.63. The first kappa shape index (κ1) is 21.5. The highest BCUT2D eigenvalue weighted by atomic mass is 35.5. The van der Waals surface area contributed by atoms with Gasteiger partial charge >= 0.3 is 0 Å². The van der Waals surface area contributed by atoms with Crippen molar-refractivity contribution in [2.75, 3.05) is 5.32 Å². The van der Waals surface area contributed by atoms with Gasteiger partial charge in [0.15, 0.2) is 5.65 Å². The number of aromatic nitrogens is 3. The van der Waals surface area contributed by atoms with E-state index in [9.17, 15) is 4.79 Å². The Bertz CT molecular complexity index is 1280. The molecule has 33 heavy (non-hydrogen) atoms. The maximum atomic E-state index is 12.7. The zero-order valence-electron chi connectivity index (χ0n) is 18.5. The molecule has 1 aliphatic rings. The molecule has 2 aromatic heterocycles. The van der Waals surface area contributed by atoms with E-state index >= 15 is 0 Å². The molecule has 5 rings (SSSR count). The normalized spacial score (nSPS) is 18.2. The molecule has 2 unspecified atom stereocenters. The van der Waals surface area contributed by atoms with Gasteiger partial charge in [-0.05, 0) is 67.3 Å². The molecule has 0 aliphatic heterocycles. The van der Waals surface area contributed by atoms with Gasteiger partial charge in [-0.15, -0.1) is 5.10 Å². The first-order chi connectivity index (χ1) is 16.1. The molecule has 2 heterocycles. The van der Waals surface area contributed by atoms with Gasteiger partial charge < -0.3 is 10.6 Å². The Balaban J connectivity index is 1.32. The standard InChI is InChI=1S/C26H26ClN5O/c1-17-6-2-3-9-22(17)29-25(33)18-12-14-21(15-13-18)28-26-30-24-11-5-10-23(32(24)31-26)19-7-4-8-20(27)16-19/h4-5,7-8,10-17,22H,2-3,6,9H2,1H3,(H,28,31)(H,29,33). The van der Waals surface area contributed by atoms with Crippen LogP contribution < -0.4 is 10.6 Å². The van der Waals surface area contributed by atoms with Crippen LogP contribution in [0.4, 0.5) is 11.6 Å². The van der Waals surface area contributed by atoms with Crippen LogP contribution in [0.25, 0.3) is 16.9 Å². The number of carbonyl (C=O) groups is 1. The van der Waals surface area contributed by atoms with Crippen LogP contribution in [0.2, 0.25) is 5.02 Å². The Labute approximate surface area is 198 Å². The van der Waals surface area contributed by atoms with E-state index in [2.05, 4.69) is 27.6 Å². The third-order valence-corrected chi connectivity index (χ3v) is 6.55. The minimum atomic E-state index is -0.0164. The van der Waals surface area contributed by atoms with Crippen molar-refractivity contribution >= 4 is 34.8 Å². The van der Waals surface area contributed by atoms with Crippen LogP contribution in [0.1, 0.15) is 43.0 Å². The predicted molar refractivity (Wildman–Crippen MR) is 132 cm³/mol. The second-order valence-corrected chi connectivity index (χ2v) is 9.11. The number of benzene rings is 2. The Morgan fingerprint density at radius 1 is 1.03 bits per heavy atom. The fraction of sp³-hybridized carbons (Fsp3) is 0.269. The molecule has 1 amide bonds. The number of hydrogen-bond acceptors (Lipinski definition) is 4. The third kappa shape index (κ3) is 4.71. The Morgan fingerprint density at radius 3 is 2.61 bits per heavy atom. The molecule has 1 aliphatic carbocycles. The van der Waals surface area contributed by atoms with Gasteiger partial charge in [0.2, 0.25) is 5.95 Å². The molecule has 4 aromatic rings. The lowest BCUT2D eigenvalue weighted by atomic mass is 9.86. The van der Waals surface area contributed by atoms with Crippen LogP contribution in [-0.2, 0) is 0 Å². The molecule has 7 heteroatoms. The summed E-state index contributed by atoms with van der Waals surface area (Å²) < 4.78 is 1.79. The highest BCUT2D eigenvalue weighted by Crippen LogP contribution is 2.26. The quantitative estimate of drug-likeness (QED) is 0.378. The molecule has 6 nitrogen and oxygen atoms in total. The minimum Gasteiger partial charge on any atom is -0.349 e. The Kier molecular flexibility index (Phi) is 6.01. The van der Waals surface area contributed by atoms with E-state index in [1.807, 2.05) is 66.7 Å². The second kappa shape index (κ2) is 9.24. The summed E-state index contributed by atoms with van der Waals surface area (Å²) in [6.45, 7) is 2.22. The first-order valence-electron chi connectivity index (χ1n) is 11.4. The van der Waals surface area contributed by atoms with Crippen molar-refractivity contribution in [3.05, 3.63) is 77.3 Å². The van der Waals surface area contributed by atoms with E-state index in [4.69, 9.17) is 11.6 Å². The van der Waals surface area contributed by atoms with Gasteiger partial charge in [-0.25, -0.2) is 4.52 Å². The van der Waals surface area contributed by atoms with E-state index in [-0.39, 0.29) is 11.9 Å². The molecular weight excluding hydrogens is 434 g/mol. The molecule has 0 spiro atoms. The van der Waals surface area contributed by atoms with Crippen LogP contribution in [0.15, 0.2) is 66.7 Å². The number of nitrogens with zero attached hydrogens (tertiary/aromatic N) is 3. The van der Waals surface area contributed by atoms with E-state index in [0.717, 1.165) is 29.0 Å². The molecule has 1 fully saturated rings. The van der Waals surface area contributed by atoms with Gasteiger partial charge in [0.05, 0.1) is 5.69 Å². The van der Waals surface area contributed by atoms with Crippen molar-refractivity contribution in [3.63, 3.8) is 0 Å². The van der Waals surface area contributed by atoms with E-state index in [0.29, 0.717) is 22.5 Å². The van der Waals surface area contributed by atoms with Gasteiger partial charge in [0, 0.05) is 27.9 Å². The molecule has 1 saturated carbocycles. The van der Waals surface area contributed by atoms with Crippen molar-refractivity contribution in [3.8, 4) is 11.3 Å². The summed E-state index contributed by atoms with van der Waals surface area (Å²) in [7, 11) is 0. The van der Waals surface area contributed by atoms with Crippen molar-refractivity contribution in [2.45, 2.75) is 38.6 Å². The molecule has 2 N–H and O–H groups in total. The maximum absolute atomic E-state index is 12.7.